The minimum Gasteiger partial charge on any atom is -0.338 e. The number of hydrogen-bond donors (Lipinski definition) is 2. The predicted molar refractivity (Wildman–Crippen MR) is 68.4 cm³/mol. The van der Waals surface area contributed by atoms with E-state index in [0.717, 1.165) is 25.0 Å². The summed E-state index contributed by atoms with van der Waals surface area (Å²) in [7, 11) is 0. The number of carbonyl (C=O) groups excluding carboxylic acids is 1. The second-order valence-electron chi connectivity index (χ2n) is 3.96. The van der Waals surface area contributed by atoms with Gasteiger partial charge in [-0.3, -0.25) is 0 Å². The molecule has 106 valence electrons. The van der Waals surface area contributed by atoms with Crippen molar-refractivity contribution >= 4 is 23.3 Å². The van der Waals surface area contributed by atoms with Crippen LogP contribution in [0.2, 0.25) is 5.02 Å². The van der Waals surface area contributed by atoms with Crippen molar-refractivity contribution in [3.63, 3.8) is 0 Å². The molecule has 1 rings (SSSR count). The Morgan fingerprint density at radius 2 is 2.00 bits per heavy atom. The molecule has 3 nitrogen and oxygen atoms in total. The Bertz CT molecular complexity index is 449. The molecule has 0 aliphatic heterocycles. The number of benzene rings is 1. The summed E-state index contributed by atoms with van der Waals surface area (Å²) in [5.41, 5.74) is -0.891. The molecule has 0 saturated heterocycles. The molecule has 2 N–H and O–H groups in total. The van der Waals surface area contributed by atoms with Crippen molar-refractivity contribution in [1.82, 2.24) is 5.32 Å². The second kappa shape index (κ2) is 6.65. The molecule has 0 unspecified atom stereocenters. The summed E-state index contributed by atoms with van der Waals surface area (Å²) in [6.07, 6.45) is -2.79. The number of hydrogen-bond acceptors (Lipinski definition) is 1. The van der Waals surface area contributed by atoms with Crippen LogP contribution in [0.5, 0.6) is 0 Å². The van der Waals surface area contributed by atoms with Gasteiger partial charge in [0.05, 0.1) is 5.56 Å². The van der Waals surface area contributed by atoms with Crippen LogP contribution in [-0.2, 0) is 6.18 Å². The Morgan fingerprint density at radius 3 is 2.58 bits per heavy atom. The fraction of sp³-hybridized carbons (Fsp3) is 0.417. The highest BCUT2D eigenvalue weighted by Crippen LogP contribution is 2.33. The Balaban J connectivity index is 2.73. The largest absolute Gasteiger partial charge is 0.416 e. The summed E-state index contributed by atoms with van der Waals surface area (Å²) in [6.45, 7) is 2.43. The molecule has 0 saturated carbocycles. The molecule has 0 fully saturated rings. The van der Waals surface area contributed by atoms with Crippen molar-refractivity contribution < 1.29 is 18.0 Å². The molecule has 2 amide bonds. The molecule has 0 bridgehead atoms. The number of carbonyl (C=O) groups is 1. The molecule has 1 aromatic rings. The van der Waals surface area contributed by atoms with Crippen LogP contribution in [0.15, 0.2) is 18.2 Å². The molecule has 0 heterocycles. The van der Waals surface area contributed by atoms with Gasteiger partial charge in [0.15, 0.2) is 0 Å². The average Bonchev–Trinajstić information content (AvgIpc) is 2.27. The van der Waals surface area contributed by atoms with E-state index in [2.05, 4.69) is 10.6 Å². The van der Waals surface area contributed by atoms with Crippen LogP contribution in [0.1, 0.15) is 25.3 Å². The third kappa shape index (κ3) is 5.38. The van der Waals surface area contributed by atoms with Crippen LogP contribution < -0.4 is 10.6 Å². The molecule has 0 atom stereocenters. The van der Waals surface area contributed by atoms with Crippen molar-refractivity contribution in [3.05, 3.63) is 28.8 Å². The number of nitrogens with one attached hydrogen (secondary N) is 2. The van der Waals surface area contributed by atoms with Gasteiger partial charge in [-0.25, -0.2) is 4.79 Å². The van der Waals surface area contributed by atoms with E-state index in [1.807, 2.05) is 6.92 Å². The summed E-state index contributed by atoms with van der Waals surface area (Å²) in [4.78, 5) is 11.4. The molecule has 1 aromatic carbocycles. The van der Waals surface area contributed by atoms with E-state index in [-0.39, 0.29) is 10.7 Å². The number of rotatable bonds is 4. The van der Waals surface area contributed by atoms with Gasteiger partial charge in [0.25, 0.3) is 0 Å². The first kappa shape index (κ1) is 15.6. The number of unbranched alkanes of at least 4 members (excludes halogenated alkanes) is 1. The molecule has 0 spiro atoms. The van der Waals surface area contributed by atoms with E-state index in [9.17, 15) is 18.0 Å². The standard InChI is InChI=1S/C12H14ClF3N2O/c1-2-3-4-17-11(19)18-10-6-8(12(14,15)16)5-9(13)7-10/h5-7H,2-4H2,1H3,(H2,17,18,19). The smallest absolute Gasteiger partial charge is 0.338 e. The lowest BCUT2D eigenvalue weighted by Crippen LogP contribution is -2.29. The maximum atomic E-state index is 12.5. The quantitative estimate of drug-likeness (QED) is 0.800. The van der Waals surface area contributed by atoms with Gasteiger partial charge in [-0.15, -0.1) is 0 Å². The highest BCUT2D eigenvalue weighted by Gasteiger charge is 2.31. The first-order valence-corrected chi connectivity index (χ1v) is 6.13. The Hall–Kier alpha value is -1.43. The first-order chi connectivity index (χ1) is 8.82. The van der Waals surface area contributed by atoms with Gasteiger partial charge in [0, 0.05) is 17.3 Å². The van der Waals surface area contributed by atoms with Crippen molar-refractivity contribution in [1.29, 1.82) is 0 Å². The van der Waals surface area contributed by atoms with Crippen LogP contribution in [0.25, 0.3) is 0 Å². The third-order valence-corrected chi connectivity index (χ3v) is 2.52. The van der Waals surface area contributed by atoms with E-state index in [1.54, 1.807) is 0 Å². The highest BCUT2D eigenvalue weighted by molar-refractivity contribution is 6.31. The predicted octanol–water partition coefficient (Wildman–Crippen LogP) is 4.28. The van der Waals surface area contributed by atoms with Crippen LogP contribution in [0.4, 0.5) is 23.7 Å². The molecule has 0 aliphatic rings. The molecule has 7 heteroatoms. The average molecular weight is 295 g/mol. The van der Waals surface area contributed by atoms with Gasteiger partial charge in [-0.05, 0) is 24.6 Å². The maximum absolute atomic E-state index is 12.5. The van der Waals surface area contributed by atoms with E-state index in [1.165, 1.54) is 6.07 Å². The molecular weight excluding hydrogens is 281 g/mol. The summed E-state index contributed by atoms with van der Waals surface area (Å²) in [6, 6.07) is 2.35. The van der Waals surface area contributed by atoms with Crippen LogP contribution in [-0.4, -0.2) is 12.6 Å². The van der Waals surface area contributed by atoms with Crippen molar-refractivity contribution in [2.24, 2.45) is 0 Å². The van der Waals surface area contributed by atoms with Crippen LogP contribution in [0.3, 0.4) is 0 Å². The van der Waals surface area contributed by atoms with Gasteiger partial charge in [0.2, 0.25) is 0 Å². The lowest BCUT2D eigenvalue weighted by atomic mass is 10.2. The van der Waals surface area contributed by atoms with E-state index in [0.29, 0.717) is 6.54 Å². The monoisotopic (exact) mass is 294 g/mol. The first-order valence-electron chi connectivity index (χ1n) is 5.75. The molecule has 19 heavy (non-hydrogen) atoms. The zero-order valence-corrected chi connectivity index (χ0v) is 11.0. The number of urea groups is 1. The van der Waals surface area contributed by atoms with Crippen molar-refractivity contribution in [2.75, 3.05) is 11.9 Å². The third-order valence-electron chi connectivity index (χ3n) is 2.30. The van der Waals surface area contributed by atoms with Gasteiger partial charge >= 0.3 is 12.2 Å². The van der Waals surface area contributed by atoms with Crippen molar-refractivity contribution in [2.45, 2.75) is 25.9 Å². The summed E-state index contributed by atoms with van der Waals surface area (Å²) in [5, 5.41) is 4.77. The molecule has 0 radical (unpaired) electrons. The summed E-state index contributed by atoms with van der Waals surface area (Å²) in [5.74, 6) is 0. The SMILES string of the molecule is CCCCNC(=O)Nc1cc(Cl)cc(C(F)(F)F)c1. The normalized spacial score (nSPS) is 11.2. The van der Waals surface area contributed by atoms with Gasteiger partial charge in [-0.2, -0.15) is 13.2 Å². The fourth-order valence-corrected chi connectivity index (χ4v) is 1.61. The Kier molecular flexibility index (Phi) is 5.47. The number of alkyl halides is 3. The molecule has 0 aliphatic carbocycles. The van der Waals surface area contributed by atoms with E-state index < -0.39 is 17.8 Å². The van der Waals surface area contributed by atoms with Gasteiger partial charge in [-0.1, -0.05) is 24.9 Å². The molecule has 0 aromatic heterocycles. The van der Waals surface area contributed by atoms with Crippen LogP contribution >= 0.6 is 11.6 Å². The van der Waals surface area contributed by atoms with Crippen LogP contribution in [0, 0.1) is 0 Å². The van der Waals surface area contributed by atoms with Gasteiger partial charge < -0.3 is 10.6 Å². The van der Waals surface area contributed by atoms with E-state index >= 15 is 0 Å². The lowest BCUT2D eigenvalue weighted by Gasteiger charge is -2.11. The zero-order chi connectivity index (χ0) is 14.5. The zero-order valence-electron chi connectivity index (χ0n) is 10.3. The topological polar surface area (TPSA) is 41.1 Å². The second-order valence-corrected chi connectivity index (χ2v) is 4.40. The lowest BCUT2D eigenvalue weighted by molar-refractivity contribution is -0.137. The Morgan fingerprint density at radius 1 is 1.32 bits per heavy atom. The fourth-order valence-electron chi connectivity index (χ4n) is 1.38. The van der Waals surface area contributed by atoms with Gasteiger partial charge in [0.1, 0.15) is 0 Å². The van der Waals surface area contributed by atoms with E-state index in [4.69, 9.17) is 11.6 Å². The number of halogens is 4. The molecular formula is C12H14ClF3N2O. The minimum absolute atomic E-state index is 0.00817. The van der Waals surface area contributed by atoms with Crippen molar-refractivity contribution in [3.8, 4) is 0 Å². The number of amides is 2. The highest BCUT2D eigenvalue weighted by atomic mass is 35.5. The minimum atomic E-state index is -4.50. The Labute approximate surface area is 114 Å². The maximum Gasteiger partial charge on any atom is 0.416 e. The summed E-state index contributed by atoms with van der Waals surface area (Å²) >= 11 is 5.59. The number of anilines is 1. The summed E-state index contributed by atoms with van der Waals surface area (Å²) < 4.78 is 37.6.